The number of benzene rings is 3. The highest BCUT2D eigenvalue weighted by molar-refractivity contribution is 6.13. The van der Waals surface area contributed by atoms with E-state index in [2.05, 4.69) is 4.99 Å². The lowest BCUT2D eigenvalue weighted by Gasteiger charge is -2.38. The third-order valence-corrected chi connectivity index (χ3v) is 5.02. The van der Waals surface area contributed by atoms with Gasteiger partial charge in [0.25, 0.3) is 0 Å². The molecule has 0 saturated carbocycles. The topological polar surface area (TPSA) is 75.0 Å². The van der Waals surface area contributed by atoms with E-state index in [4.69, 9.17) is 10.3 Å². The molecule has 1 atom stereocenters. The third kappa shape index (κ3) is 1.84. The summed E-state index contributed by atoms with van der Waals surface area (Å²) in [5.74, 6) is 7.08. The zero-order valence-electron chi connectivity index (χ0n) is 14.2. The number of aliphatic hydroxyl groups is 1. The van der Waals surface area contributed by atoms with Gasteiger partial charge in [0.05, 0.1) is 5.39 Å². The highest BCUT2D eigenvalue weighted by Crippen LogP contribution is 2.48. The molecule has 5 rings (SSSR count). The summed E-state index contributed by atoms with van der Waals surface area (Å²) in [5.41, 5.74) is 0.307. The molecular formula is C21H17N3O2. The molecule has 2 heterocycles. The molecule has 0 amide bonds. The highest BCUT2D eigenvalue weighted by atomic mass is 16.4. The zero-order chi connectivity index (χ0) is 17.9. The molecule has 5 nitrogen and oxygen atoms in total. The minimum absolute atomic E-state index is 0.336. The molecule has 1 unspecified atom stereocenters. The van der Waals surface area contributed by atoms with E-state index in [-0.39, 0.29) is 0 Å². The number of nitrogens with zero attached hydrogens (tertiary/aromatic N) is 2. The Balaban J connectivity index is 1.92. The van der Waals surface area contributed by atoms with Crippen molar-refractivity contribution in [2.75, 3.05) is 0 Å². The van der Waals surface area contributed by atoms with E-state index in [1.54, 1.807) is 6.92 Å². The molecule has 26 heavy (non-hydrogen) atoms. The van der Waals surface area contributed by atoms with E-state index in [0.717, 1.165) is 16.2 Å². The number of nitrogens with two attached hydrogens (primary N) is 1. The lowest BCUT2D eigenvalue weighted by Crippen LogP contribution is -2.55. The van der Waals surface area contributed by atoms with Gasteiger partial charge in [-0.25, -0.2) is 10.8 Å². The molecular weight excluding hydrogens is 326 g/mol. The number of hydrazine groups is 1. The summed E-state index contributed by atoms with van der Waals surface area (Å²) in [6.07, 6.45) is 0. The smallest absolute Gasteiger partial charge is 0.241 e. The van der Waals surface area contributed by atoms with E-state index in [0.29, 0.717) is 28.4 Å². The molecule has 0 bridgehead atoms. The van der Waals surface area contributed by atoms with Crippen LogP contribution < -0.4 is 5.84 Å². The lowest BCUT2D eigenvalue weighted by atomic mass is 9.95. The molecule has 128 valence electrons. The van der Waals surface area contributed by atoms with Gasteiger partial charge >= 0.3 is 0 Å². The summed E-state index contributed by atoms with van der Waals surface area (Å²) in [6.45, 7) is 1.78. The van der Waals surface area contributed by atoms with Gasteiger partial charge in [-0.3, -0.25) is 5.01 Å². The number of rotatable bonds is 1. The predicted octanol–water partition coefficient (Wildman–Crippen LogP) is 4.02. The van der Waals surface area contributed by atoms with Crippen molar-refractivity contribution in [1.29, 1.82) is 0 Å². The Morgan fingerprint density at radius 3 is 2.54 bits per heavy atom. The van der Waals surface area contributed by atoms with E-state index >= 15 is 0 Å². The van der Waals surface area contributed by atoms with Crippen LogP contribution in [0.5, 0.6) is 0 Å². The molecule has 0 spiro atoms. The molecule has 1 aromatic heterocycles. The van der Waals surface area contributed by atoms with E-state index in [9.17, 15) is 5.11 Å². The first-order chi connectivity index (χ1) is 12.6. The van der Waals surface area contributed by atoms with Crippen molar-refractivity contribution >= 4 is 33.3 Å². The maximum atomic E-state index is 11.6. The first-order valence-corrected chi connectivity index (χ1v) is 8.43. The number of hydrogen-bond donors (Lipinski definition) is 2. The first kappa shape index (κ1) is 15.1. The van der Waals surface area contributed by atoms with Gasteiger partial charge < -0.3 is 9.52 Å². The van der Waals surface area contributed by atoms with Gasteiger partial charge in [0, 0.05) is 5.56 Å². The van der Waals surface area contributed by atoms with Crippen molar-refractivity contribution in [2.24, 2.45) is 10.8 Å². The largest absolute Gasteiger partial charge is 0.453 e. The maximum Gasteiger partial charge on any atom is 0.241 e. The molecule has 1 aliphatic heterocycles. The molecule has 0 saturated heterocycles. The summed E-state index contributed by atoms with van der Waals surface area (Å²) in [7, 11) is 0. The molecule has 0 radical (unpaired) electrons. The molecule has 0 aliphatic carbocycles. The molecule has 0 fully saturated rings. The molecule has 4 aromatic rings. The van der Waals surface area contributed by atoms with Gasteiger partial charge in [0.2, 0.25) is 5.72 Å². The van der Waals surface area contributed by atoms with E-state index < -0.39 is 5.72 Å². The normalized spacial score (nSPS) is 19.7. The summed E-state index contributed by atoms with van der Waals surface area (Å²) in [4.78, 5) is 4.65. The fourth-order valence-corrected chi connectivity index (χ4v) is 3.70. The van der Waals surface area contributed by atoms with Crippen LogP contribution in [0.25, 0.3) is 21.7 Å². The number of hydrogen-bond acceptors (Lipinski definition) is 5. The second-order valence-electron chi connectivity index (χ2n) is 6.51. The summed E-state index contributed by atoms with van der Waals surface area (Å²) < 4.78 is 6.11. The van der Waals surface area contributed by atoms with Crippen molar-refractivity contribution in [1.82, 2.24) is 5.01 Å². The quantitative estimate of drug-likeness (QED) is 0.512. The first-order valence-electron chi connectivity index (χ1n) is 8.43. The van der Waals surface area contributed by atoms with Gasteiger partial charge in [-0.1, -0.05) is 60.7 Å². The van der Waals surface area contributed by atoms with E-state index in [1.165, 1.54) is 5.01 Å². The Labute approximate surface area is 149 Å². The van der Waals surface area contributed by atoms with Crippen LogP contribution in [-0.2, 0) is 5.72 Å². The SMILES string of the molecule is CC1=Nc2c(oc3ccc4ccccc4c23)C(O)(c2ccccc2)N1N. The van der Waals surface area contributed by atoms with Crippen molar-refractivity contribution in [2.45, 2.75) is 12.6 Å². The van der Waals surface area contributed by atoms with Gasteiger partial charge in [0.15, 0.2) is 5.76 Å². The van der Waals surface area contributed by atoms with Crippen LogP contribution in [0.1, 0.15) is 18.2 Å². The van der Waals surface area contributed by atoms with E-state index in [1.807, 2.05) is 66.7 Å². The van der Waals surface area contributed by atoms with Gasteiger partial charge in [0.1, 0.15) is 17.1 Å². The molecule has 3 N–H and O–H groups in total. The second kappa shape index (κ2) is 5.17. The average molecular weight is 343 g/mol. The van der Waals surface area contributed by atoms with Crippen LogP contribution in [0.15, 0.2) is 76.1 Å². The minimum Gasteiger partial charge on any atom is -0.453 e. The zero-order valence-corrected chi connectivity index (χ0v) is 14.2. The average Bonchev–Trinajstić information content (AvgIpc) is 3.06. The van der Waals surface area contributed by atoms with Crippen molar-refractivity contribution in [3.63, 3.8) is 0 Å². The number of furan rings is 1. The monoisotopic (exact) mass is 343 g/mol. The lowest BCUT2D eigenvalue weighted by molar-refractivity contribution is -0.0573. The number of amidine groups is 1. The Hall–Kier alpha value is -3.15. The minimum atomic E-state index is -1.62. The summed E-state index contributed by atoms with van der Waals surface area (Å²) in [6, 6.07) is 21.3. The highest BCUT2D eigenvalue weighted by Gasteiger charge is 2.46. The Morgan fingerprint density at radius 2 is 1.73 bits per heavy atom. The fraction of sp³-hybridized carbons (Fsp3) is 0.0952. The summed E-state index contributed by atoms with van der Waals surface area (Å²) in [5, 5.41) is 15.9. The van der Waals surface area contributed by atoms with Crippen LogP contribution in [-0.4, -0.2) is 16.0 Å². The fourth-order valence-electron chi connectivity index (χ4n) is 3.70. The second-order valence-corrected chi connectivity index (χ2v) is 6.51. The van der Waals surface area contributed by atoms with Gasteiger partial charge in [-0.15, -0.1) is 0 Å². The third-order valence-electron chi connectivity index (χ3n) is 5.02. The van der Waals surface area contributed by atoms with Gasteiger partial charge in [-0.05, 0) is 23.8 Å². The molecule has 3 aromatic carbocycles. The Bertz CT molecular complexity index is 1180. The van der Waals surface area contributed by atoms with Crippen LogP contribution >= 0.6 is 0 Å². The summed E-state index contributed by atoms with van der Waals surface area (Å²) >= 11 is 0. The maximum absolute atomic E-state index is 11.6. The van der Waals surface area contributed by atoms with Crippen LogP contribution in [0.3, 0.4) is 0 Å². The Kier molecular flexibility index (Phi) is 3.01. The van der Waals surface area contributed by atoms with Crippen molar-refractivity contribution < 1.29 is 9.52 Å². The standard InChI is InChI=1S/C21H17N3O2/c1-13-23-19-18-16-10-6-5-7-14(16)11-12-17(18)26-20(19)21(25,24(13)22)15-8-3-2-4-9-15/h2-12,25H,22H2,1H3. The van der Waals surface area contributed by atoms with Gasteiger partial charge in [-0.2, -0.15) is 0 Å². The number of aliphatic imine (C=N–C) groups is 1. The molecule has 5 heteroatoms. The van der Waals surface area contributed by atoms with Crippen molar-refractivity contribution in [3.05, 3.63) is 78.1 Å². The van der Waals surface area contributed by atoms with Crippen molar-refractivity contribution in [3.8, 4) is 0 Å². The van der Waals surface area contributed by atoms with Crippen LogP contribution in [0.4, 0.5) is 5.69 Å². The van der Waals surface area contributed by atoms with Crippen LogP contribution in [0.2, 0.25) is 0 Å². The molecule has 1 aliphatic rings. The predicted molar refractivity (Wildman–Crippen MR) is 102 cm³/mol. The number of fused-ring (bicyclic) bond motifs is 5. The Morgan fingerprint density at radius 1 is 1.00 bits per heavy atom. The van der Waals surface area contributed by atoms with Crippen LogP contribution in [0, 0.1) is 0 Å².